The SMILES string of the molecule is CCNCC1(c2ccc(S(=O)(=O)CC)cc2)CC1. The first-order valence-electron chi connectivity index (χ1n) is 6.58. The molecule has 2 rings (SSSR count). The number of hydrogen-bond donors (Lipinski definition) is 1. The lowest BCUT2D eigenvalue weighted by Gasteiger charge is -2.16. The molecule has 1 fully saturated rings. The zero-order valence-electron chi connectivity index (χ0n) is 11.1. The molecule has 1 aromatic rings. The molecule has 1 aliphatic carbocycles. The maximum Gasteiger partial charge on any atom is 0.178 e. The van der Waals surface area contributed by atoms with Gasteiger partial charge in [0.25, 0.3) is 0 Å². The van der Waals surface area contributed by atoms with Crippen LogP contribution in [0.25, 0.3) is 0 Å². The van der Waals surface area contributed by atoms with Crippen molar-refractivity contribution in [3.63, 3.8) is 0 Å². The van der Waals surface area contributed by atoms with Gasteiger partial charge in [-0.3, -0.25) is 0 Å². The topological polar surface area (TPSA) is 46.2 Å². The minimum absolute atomic E-state index is 0.162. The van der Waals surface area contributed by atoms with Crippen LogP contribution in [0.15, 0.2) is 29.2 Å². The third-order valence-corrected chi connectivity index (χ3v) is 5.52. The Morgan fingerprint density at radius 1 is 1.17 bits per heavy atom. The van der Waals surface area contributed by atoms with Crippen LogP contribution in [0.3, 0.4) is 0 Å². The van der Waals surface area contributed by atoms with Crippen LogP contribution in [0, 0.1) is 0 Å². The van der Waals surface area contributed by atoms with E-state index in [0.29, 0.717) is 4.90 Å². The Hall–Kier alpha value is -0.870. The summed E-state index contributed by atoms with van der Waals surface area (Å²) in [6.45, 7) is 5.75. The van der Waals surface area contributed by atoms with Crippen molar-refractivity contribution < 1.29 is 8.42 Å². The van der Waals surface area contributed by atoms with Gasteiger partial charge in [0.1, 0.15) is 0 Å². The third-order valence-electron chi connectivity index (χ3n) is 3.77. The molecule has 100 valence electrons. The lowest BCUT2D eigenvalue weighted by Crippen LogP contribution is -2.26. The fraction of sp³-hybridized carbons (Fsp3) is 0.571. The van der Waals surface area contributed by atoms with Crippen LogP contribution < -0.4 is 5.32 Å². The van der Waals surface area contributed by atoms with Crippen molar-refractivity contribution in [3.8, 4) is 0 Å². The van der Waals surface area contributed by atoms with E-state index in [1.54, 1.807) is 19.1 Å². The molecule has 0 heterocycles. The number of rotatable bonds is 6. The second-order valence-electron chi connectivity index (χ2n) is 4.99. The highest BCUT2D eigenvalue weighted by molar-refractivity contribution is 7.91. The van der Waals surface area contributed by atoms with Crippen LogP contribution in [0.5, 0.6) is 0 Å². The molecule has 1 aliphatic rings. The zero-order valence-corrected chi connectivity index (χ0v) is 11.9. The van der Waals surface area contributed by atoms with Crippen molar-refractivity contribution in [1.82, 2.24) is 5.32 Å². The van der Waals surface area contributed by atoms with E-state index in [4.69, 9.17) is 0 Å². The van der Waals surface area contributed by atoms with Crippen molar-refractivity contribution in [3.05, 3.63) is 29.8 Å². The molecule has 0 radical (unpaired) electrons. The molecule has 1 saturated carbocycles. The number of sulfone groups is 1. The van der Waals surface area contributed by atoms with Crippen molar-refractivity contribution in [2.24, 2.45) is 0 Å². The number of benzene rings is 1. The van der Waals surface area contributed by atoms with Crippen LogP contribution in [0.2, 0.25) is 0 Å². The Morgan fingerprint density at radius 3 is 2.22 bits per heavy atom. The summed E-state index contributed by atoms with van der Waals surface area (Å²) in [5, 5.41) is 3.39. The van der Waals surface area contributed by atoms with E-state index in [9.17, 15) is 8.42 Å². The number of hydrogen-bond acceptors (Lipinski definition) is 3. The summed E-state index contributed by atoms with van der Waals surface area (Å²) in [5.41, 5.74) is 1.52. The molecule has 0 spiro atoms. The van der Waals surface area contributed by atoms with Crippen molar-refractivity contribution in [1.29, 1.82) is 0 Å². The van der Waals surface area contributed by atoms with Gasteiger partial charge in [-0.2, -0.15) is 0 Å². The normalized spacial score (nSPS) is 17.7. The fourth-order valence-electron chi connectivity index (χ4n) is 2.27. The van der Waals surface area contributed by atoms with Gasteiger partial charge in [0, 0.05) is 12.0 Å². The van der Waals surface area contributed by atoms with Gasteiger partial charge in [0.05, 0.1) is 10.6 Å². The van der Waals surface area contributed by atoms with Gasteiger partial charge in [-0.15, -0.1) is 0 Å². The molecule has 0 bridgehead atoms. The molecule has 0 amide bonds. The van der Waals surface area contributed by atoms with E-state index in [1.165, 1.54) is 18.4 Å². The first-order chi connectivity index (χ1) is 8.54. The molecule has 1 N–H and O–H groups in total. The predicted molar refractivity (Wildman–Crippen MR) is 73.6 cm³/mol. The highest BCUT2D eigenvalue weighted by Crippen LogP contribution is 2.47. The van der Waals surface area contributed by atoms with Crippen molar-refractivity contribution in [2.45, 2.75) is 37.0 Å². The molecule has 18 heavy (non-hydrogen) atoms. The minimum Gasteiger partial charge on any atom is -0.316 e. The van der Waals surface area contributed by atoms with Gasteiger partial charge < -0.3 is 5.32 Å². The largest absolute Gasteiger partial charge is 0.316 e. The smallest absolute Gasteiger partial charge is 0.178 e. The van der Waals surface area contributed by atoms with E-state index >= 15 is 0 Å². The Morgan fingerprint density at radius 2 is 1.78 bits per heavy atom. The molecule has 0 atom stereocenters. The Bertz CT molecular complexity index is 501. The zero-order chi connectivity index (χ0) is 13.2. The number of likely N-dealkylation sites (N-methyl/N-ethyl adjacent to an activating group) is 1. The molecular formula is C14H21NO2S. The molecule has 4 heteroatoms. The molecule has 1 aromatic carbocycles. The quantitative estimate of drug-likeness (QED) is 0.859. The monoisotopic (exact) mass is 267 g/mol. The van der Waals surface area contributed by atoms with Gasteiger partial charge in [0.2, 0.25) is 0 Å². The average Bonchev–Trinajstić information content (AvgIpc) is 3.18. The summed E-state index contributed by atoms with van der Waals surface area (Å²) in [7, 11) is -3.07. The molecule has 0 aliphatic heterocycles. The molecule has 0 unspecified atom stereocenters. The maximum atomic E-state index is 11.7. The second kappa shape index (κ2) is 5.02. The standard InChI is InChI=1S/C14H21NO2S/c1-3-15-11-14(9-10-14)12-5-7-13(8-6-12)18(16,17)4-2/h5-8,15H,3-4,9-11H2,1-2H3. The highest BCUT2D eigenvalue weighted by atomic mass is 32.2. The Balaban J connectivity index is 2.18. The number of nitrogens with one attached hydrogen (secondary N) is 1. The van der Waals surface area contributed by atoms with E-state index in [0.717, 1.165) is 13.1 Å². The summed E-state index contributed by atoms with van der Waals surface area (Å²) in [4.78, 5) is 0.438. The predicted octanol–water partition coefficient (Wildman–Crippen LogP) is 2.12. The maximum absolute atomic E-state index is 11.7. The fourth-order valence-corrected chi connectivity index (χ4v) is 3.15. The van der Waals surface area contributed by atoms with E-state index in [-0.39, 0.29) is 11.2 Å². The minimum atomic E-state index is -3.07. The summed E-state index contributed by atoms with van der Waals surface area (Å²) in [6.07, 6.45) is 2.39. The molecule has 0 aromatic heterocycles. The van der Waals surface area contributed by atoms with E-state index < -0.39 is 9.84 Å². The van der Waals surface area contributed by atoms with Crippen molar-refractivity contribution in [2.75, 3.05) is 18.8 Å². The molecule has 3 nitrogen and oxygen atoms in total. The van der Waals surface area contributed by atoms with Gasteiger partial charge >= 0.3 is 0 Å². The average molecular weight is 267 g/mol. The van der Waals surface area contributed by atoms with Crippen LogP contribution >= 0.6 is 0 Å². The Labute approximate surface area is 110 Å². The lowest BCUT2D eigenvalue weighted by atomic mass is 9.96. The first kappa shape index (κ1) is 13.6. The van der Waals surface area contributed by atoms with Crippen LogP contribution in [0.1, 0.15) is 32.3 Å². The lowest BCUT2D eigenvalue weighted by molar-refractivity contribution is 0.588. The van der Waals surface area contributed by atoms with Gasteiger partial charge in [0.15, 0.2) is 9.84 Å². The summed E-state index contributed by atoms with van der Waals surface area (Å²) >= 11 is 0. The summed E-state index contributed by atoms with van der Waals surface area (Å²) < 4.78 is 23.5. The van der Waals surface area contributed by atoms with Gasteiger partial charge in [-0.25, -0.2) is 8.42 Å². The van der Waals surface area contributed by atoms with Crippen LogP contribution in [-0.2, 0) is 15.3 Å². The van der Waals surface area contributed by atoms with E-state index in [1.807, 2.05) is 12.1 Å². The Kier molecular flexibility index (Phi) is 3.78. The van der Waals surface area contributed by atoms with Crippen LogP contribution in [-0.4, -0.2) is 27.3 Å². The molecular weight excluding hydrogens is 246 g/mol. The van der Waals surface area contributed by atoms with Gasteiger partial charge in [-0.1, -0.05) is 26.0 Å². The second-order valence-corrected chi connectivity index (χ2v) is 7.27. The van der Waals surface area contributed by atoms with Crippen LogP contribution in [0.4, 0.5) is 0 Å². The summed E-state index contributed by atoms with van der Waals surface area (Å²) in [5.74, 6) is 0.162. The van der Waals surface area contributed by atoms with E-state index in [2.05, 4.69) is 12.2 Å². The third kappa shape index (κ3) is 2.59. The first-order valence-corrected chi connectivity index (χ1v) is 8.23. The van der Waals surface area contributed by atoms with Gasteiger partial charge in [-0.05, 0) is 37.1 Å². The highest BCUT2D eigenvalue weighted by Gasteiger charge is 2.43. The molecule has 0 saturated heterocycles. The van der Waals surface area contributed by atoms with Crippen molar-refractivity contribution >= 4 is 9.84 Å². The summed E-state index contributed by atoms with van der Waals surface area (Å²) in [6, 6.07) is 7.46.